The Morgan fingerprint density at radius 2 is 2.29 bits per heavy atom. The van der Waals surface area contributed by atoms with Crippen LogP contribution < -0.4 is 11.3 Å². The predicted molar refractivity (Wildman–Crippen MR) is 65.8 cm³/mol. The van der Waals surface area contributed by atoms with E-state index in [0.29, 0.717) is 17.1 Å². The molecule has 17 heavy (non-hydrogen) atoms. The van der Waals surface area contributed by atoms with Gasteiger partial charge in [0, 0.05) is 18.1 Å². The third-order valence-electron chi connectivity index (χ3n) is 1.90. The molecule has 0 bridgehead atoms. The molecule has 0 saturated carbocycles. The minimum atomic E-state index is 0.349. The zero-order valence-corrected chi connectivity index (χ0v) is 10.2. The Labute approximate surface area is 103 Å². The van der Waals surface area contributed by atoms with Crippen LogP contribution in [-0.4, -0.2) is 30.3 Å². The Bertz CT molecular complexity index is 470. The quantitative estimate of drug-likeness (QED) is 0.462. The highest BCUT2D eigenvalue weighted by Crippen LogP contribution is 2.16. The van der Waals surface area contributed by atoms with Crippen molar-refractivity contribution >= 4 is 17.7 Å². The van der Waals surface area contributed by atoms with Gasteiger partial charge in [0.05, 0.1) is 0 Å². The topological polar surface area (TPSA) is 94.5 Å². The third kappa shape index (κ3) is 2.92. The van der Waals surface area contributed by atoms with Gasteiger partial charge in [-0.2, -0.15) is 15.0 Å². The molecule has 8 heteroatoms. The number of aromatic nitrogens is 5. The van der Waals surface area contributed by atoms with Gasteiger partial charge in [-0.05, 0) is 6.42 Å². The molecule has 90 valence electrons. The molecule has 0 saturated heterocycles. The van der Waals surface area contributed by atoms with Gasteiger partial charge in [-0.15, -0.1) is 0 Å². The molecule has 7 nitrogen and oxygen atoms in total. The first-order valence-corrected chi connectivity index (χ1v) is 6.16. The molecule has 3 N–H and O–H groups in total. The van der Waals surface area contributed by atoms with Gasteiger partial charge >= 0.3 is 0 Å². The number of nitrogens with zero attached hydrogens (tertiary/aromatic N) is 5. The molecule has 0 aliphatic rings. The summed E-state index contributed by atoms with van der Waals surface area (Å²) in [5, 5.41) is 0.651. The minimum absolute atomic E-state index is 0.349. The van der Waals surface area contributed by atoms with Crippen LogP contribution in [0.15, 0.2) is 23.9 Å². The number of nitrogen functional groups attached to an aromatic ring is 1. The molecule has 0 aliphatic heterocycles. The van der Waals surface area contributed by atoms with E-state index in [1.807, 2.05) is 0 Å². The predicted octanol–water partition coefficient (Wildman–Crippen LogP) is 0.845. The van der Waals surface area contributed by atoms with Crippen molar-refractivity contribution in [2.75, 3.05) is 11.2 Å². The zero-order valence-electron chi connectivity index (χ0n) is 9.37. The summed E-state index contributed by atoms with van der Waals surface area (Å²) in [6.45, 7) is 2.10. The fourth-order valence-electron chi connectivity index (χ4n) is 1.16. The molecule has 0 fully saturated rings. The van der Waals surface area contributed by atoms with Crippen LogP contribution >= 0.6 is 11.8 Å². The fourth-order valence-corrected chi connectivity index (χ4v) is 1.85. The highest BCUT2D eigenvalue weighted by Gasteiger charge is 2.07. The number of imidazole rings is 1. The van der Waals surface area contributed by atoms with Gasteiger partial charge in [0.1, 0.15) is 6.33 Å². The van der Waals surface area contributed by atoms with E-state index < -0.39 is 0 Å². The van der Waals surface area contributed by atoms with Crippen LogP contribution in [0.4, 0.5) is 5.95 Å². The summed E-state index contributed by atoms with van der Waals surface area (Å²) in [5.41, 5.74) is 2.44. The molecular weight excluding hydrogens is 238 g/mol. The van der Waals surface area contributed by atoms with Gasteiger partial charge in [0.25, 0.3) is 0 Å². The van der Waals surface area contributed by atoms with Gasteiger partial charge < -0.3 is 0 Å². The second-order valence-corrected chi connectivity index (χ2v) is 4.27. The van der Waals surface area contributed by atoms with Gasteiger partial charge in [0.15, 0.2) is 5.16 Å². The van der Waals surface area contributed by atoms with E-state index in [1.54, 1.807) is 35.0 Å². The number of hydrogen-bond acceptors (Lipinski definition) is 7. The Morgan fingerprint density at radius 3 is 2.94 bits per heavy atom. The normalized spacial score (nSPS) is 10.5. The van der Waals surface area contributed by atoms with Crippen LogP contribution in [0.5, 0.6) is 0 Å². The van der Waals surface area contributed by atoms with Crippen LogP contribution in [-0.2, 0) is 0 Å². The van der Waals surface area contributed by atoms with Crippen LogP contribution in [0, 0.1) is 0 Å². The zero-order chi connectivity index (χ0) is 12.1. The number of nitrogens with two attached hydrogens (primary N) is 1. The van der Waals surface area contributed by atoms with Crippen molar-refractivity contribution in [3.05, 3.63) is 18.7 Å². The molecule has 2 aromatic rings. The van der Waals surface area contributed by atoms with E-state index in [4.69, 9.17) is 5.84 Å². The van der Waals surface area contributed by atoms with E-state index in [1.165, 1.54) is 0 Å². The minimum Gasteiger partial charge on any atom is -0.292 e. The van der Waals surface area contributed by atoms with Crippen LogP contribution in [0.2, 0.25) is 0 Å². The summed E-state index contributed by atoms with van der Waals surface area (Å²) in [6.07, 6.45) is 6.12. The summed E-state index contributed by atoms with van der Waals surface area (Å²) < 4.78 is 1.71. The first kappa shape index (κ1) is 11.8. The lowest BCUT2D eigenvalue weighted by Crippen LogP contribution is -2.13. The lowest BCUT2D eigenvalue weighted by atomic mass is 10.6. The number of rotatable bonds is 5. The maximum atomic E-state index is 5.33. The molecule has 0 radical (unpaired) electrons. The first-order chi connectivity index (χ1) is 8.33. The van der Waals surface area contributed by atoms with Crippen molar-refractivity contribution in [2.45, 2.75) is 18.5 Å². The fraction of sp³-hybridized carbons (Fsp3) is 0.333. The molecular formula is C9H13N7S. The number of thioether (sulfide) groups is 1. The molecule has 0 atom stereocenters. The molecule has 0 aromatic carbocycles. The van der Waals surface area contributed by atoms with Crippen LogP contribution in [0.25, 0.3) is 5.95 Å². The summed E-state index contributed by atoms with van der Waals surface area (Å²) >= 11 is 1.57. The highest BCUT2D eigenvalue weighted by molar-refractivity contribution is 7.99. The summed E-state index contributed by atoms with van der Waals surface area (Å²) in [6, 6.07) is 0. The van der Waals surface area contributed by atoms with Crippen LogP contribution in [0.1, 0.15) is 13.3 Å². The average molecular weight is 251 g/mol. The molecule has 0 aliphatic carbocycles. The second-order valence-electron chi connectivity index (χ2n) is 3.20. The average Bonchev–Trinajstić information content (AvgIpc) is 2.89. The summed E-state index contributed by atoms with van der Waals surface area (Å²) in [4.78, 5) is 16.6. The molecule has 2 aromatic heterocycles. The standard InChI is InChI=1S/C9H13N7S/c1-2-5-17-9-13-7(15-10)12-8(14-9)16-4-3-11-6-16/h3-4,6H,2,5,10H2,1H3,(H,12,13,14,15). The summed E-state index contributed by atoms with van der Waals surface area (Å²) in [5.74, 6) is 7.14. The monoisotopic (exact) mass is 251 g/mol. The van der Waals surface area contributed by atoms with E-state index >= 15 is 0 Å². The Kier molecular flexibility index (Phi) is 3.89. The summed E-state index contributed by atoms with van der Waals surface area (Å²) in [7, 11) is 0. The van der Waals surface area contributed by atoms with Gasteiger partial charge in [-0.25, -0.2) is 10.8 Å². The Morgan fingerprint density at radius 1 is 1.41 bits per heavy atom. The van der Waals surface area contributed by atoms with E-state index in [2.05, 4.69) is 32.3 Å². The maximum absolute atomic E-state index is 5.33. The molecule has 2 rings (SSSR count). The van der Waals surface area contributed by atoms with Crippen molar-refractivity contribution < 1.29 is 0 Å². The third-order valence-corrected chi connectivity index (χ3v) is 2.96. The lowest BCUT2D eigenvalue weighted by molar-refractivity contribution is 0.824. The van der Waals surface area contributed by atoms with Crippen molar-refractivity contribution in [2.24, 2.45) is 5.84 Å². The number of hydrazine groups is 1. The van der Waals surface area contributed by atoms with E-state index in [0.717, 1.165) is 12.2 Å². The Balaban J connectivity index is 2.32. The maximum Gasteiger partial charge on any atom is 0.242 e. The molecule has 0 amide bonds. The number of nitrogens with one attached hydrogen (secondary N) is 1. The highest BCUT2D eigenvalue weighted by atomic mass is 32.2. The number of anilines is 1. The van der Waals surface area contributed by atoms with Crippen LogP contribution in [0.3, 0.4) is 0 Å². The van der Waals surface area contributed by atoms with Crippen molar-refractivity contribution in [3.8, 4) is 5.95 Å². The first-order valence-electron chi connectivity index (χ1n) is 5.17. The van der Waals surface area contributed by atoms with E-state index in [9.17, 15) is 0 Å². The molecule has 0 spiro atoms. The smallest absolute Gasteiger partial charge is 0.242 e. The molecule has 0 unspecified atom stereocenters. The molecule has 2 heterocycles. The van der Waals surface area contributed by atoms with Crippen molar-refractivity contribution in [1.82, 2.24) is 24.5 Å². The second kappa shape index (κ2) is 5.60. The number of hydrogen-bond donors (Lipinski definition) is 2. The van der Waals surface area contributed by atoms with Gasteiger partial charge in [0.2, 0.25) is 11.9 Å². The van der Waals surface area contributed by atoms with Crippen molar-refractivity contribution in [3.63, 3.8) is 0 Å². The lowest BCUT2D eigenvalue weighted by Gasteiger charge is -2.05. The Hall–Kier alpha value is -1.67. The largest absolute Gasteiger partial charge is 0.292 e. The van der Waals surface area contributed by atoms with E-state index in [-0.39, 0.29) is 0 Å². The van der Waals surface area contributed by atoms with Gasteiger partial charge in [-0.3, -0.25) is 9.99 Å². The van der Waals surface area contributed by atoms with Gasteiger partial charge in [-0.1, -0.05) is 18.7 Å². The SMILES string of the molecule is CCCSc1nc(NN)nc(-n2ccnc2)n1. The van der Waals surface area contributed by atoms with Crippen molar-refractivity contribution in [1.29, 1.82) is 0 Å².